The molecule has 3 N–H and O–H groups in total. The Labute approximate surface area is 127 Å². The first-order valence-electron chi connectivity index (χ1n) is 7.18. The zero-order chi connectivity index (χ0) is 15.5. The van der Waals surface area contributed by atoms with E-state index in [1.807, 2.05) is 24.4 Å². The SMILES string of the molecule is CC(=O)c1ccc(C(=O)NCCc2c[nH]c3ccccc23)[nH]1. The number of fused-ring (bicyclic) bond motifs is 1. The number of aromatic amines is 2. The number of rotatable bonds is 5. The molecule has 0 aliphatic heterocycles. The van der Waals surface area contributed by atoms with Crippen molar-refractivity contribution in [2.45, 2.75) is 13.3 Å². The summed E-state index contributed by atoms with van der Waals surface area (Å²) < 4.78 is 0. The molecule has 0 aliphatic rings. The summed E-state index contributed by atoms with van der Waals surface area (Å²) in [6.07, 6.45) is 2.72. The van der Waals surface area contributed by atoms with Gasteiger partial charge in [0.15, 0.2) is 5.78 Å². The molecule has 3 aromatic rings. The number of carbonyl (C=O) groups is 2. The van der Waals surface area contributed by atoms with Crippen molar-refractivity contribution < 1.29 is 9.59 Å². The Hall–Kier alpha value is -2.82. The summed E-state index contributed by atoms with van der Waals surface area (Å²) in [4.78, 5) is 29.3. The van der Waals surface area contributed by atoms with E-state index >= 15 is 0 Å². The van der Waals surface area contributed by atoms with Crippen molar-refractivity contribution in [1.82, 2.24) is 15.3 Å². The summed E-state index contributed by atoms with van der Waals surface area (Å²) in [5, 5.41) is 4.04. The molecule has 1 aromatic carbocycles. The molecule has 0 unspecified atom stereocenters. The van der Waals surface area contributed by atoms with Crippen molar-refractivity contribution in [3.8, 4) is 0 Å². The zero-order valence-electron chi connectivity index (χ0n) is 12.3. The van der Waals surface area contributed by atoms with E-state index in [0.717, 1.165) is 11.9 Å². The molecule has 0 spiro atoms. The fourth-order valence-electron chi connectivity index (χ4n) is 2.48. The molecule has 0 saturated heterocycles. The van der Waals surface area contributed by atoms with E-state index in [0.29, 0.717) is 17.9 Å². The highest BCUT2D eigenvalue weighted by molar-refractivity contribution is 5.97. The average Bonchev–Trinajstić information content (AvgIpc) is 3.14. The van der Waals surface area contributed by atoms with Crippen LogP contribution in [0.4, 0.5) is 0 Å². The molecule has 1 amide bonds. The monoisotopic (exact) mass is 295 g/mol. The normalized spacial score (nSPS) is 10.8. The maximum absolute atomic E-state index is 12.0. The number of aromatic nitrogens is 2. The fourth-order valence-corrected chi connectivity index (χ4v) is 2.48. The van der Waals surface area contributed by atoms with Gasteiger partial charge in [0.2, 0.25) is 0 Å². The Kier molecular flexibility index (Phi) is 3.78. The lowest BCUT2D eigenvalue weighted by atomic mass is 10.1. The molecule has 0 bridgehead atoms. The zero-order valence-corrected chi connectivity index (χ0v) is 12.3. The lowest BCUT2D eigenvalue weighted by Crippen LogP contribution is -2.26. The highest BCUT2D eigenvalue weighted by atomic mass is 16.2. The first-order chi connectivity index (χ1) is 10.6. The molecule has 0 saturated carbocycles. The highest BCUT2D eigenvalue weighted by Crippen LogP contribution is 2.17. The van der Waals surface area contributed by atoms with Crippen molar-refractivity contribution in [1.29, 1.82) is 0 Å². The Balaban J connectivity index is 1.60. The van der Waals surface area contributed by atoms with Gasteiger partial charge in [0.25, 0.3) is 5.91 Å². The maximum Gasteiger partial charge on any atom is 0.267 e. The van der Waals surface area contributed by atoms with Gasteiger partial charge < -0.3 is 15.3 Å². The first kappa shape index (κ1) is 14.1. The topological polar surface area (TPSA) is 77.8 Å². The molecule has 22 heavy (non-hydrogen) atoms. The molecule has 5 heteroatoms. The number of para-hydroxylation sites is 1. The molecule has 3 rings (SSSR count). The number of ketones is 1. The number of hydrogen-bond acceptors (Lipinski definition) is 2. The van der Waals surface area contributed by atoms with Crippen LogP contribution in [0, 0.1) is 0 Å². The lowest BCUT2D eigenvalue weighted by Gasteiger charge is -2.03. The summed E-state index contributed by atoms with van der Waals surface area (Å²) in [7, 11) is 0. The summed E-state index contributed by atoms with van der Waals surface area (Å²) >= 11 is 0. The Morgan fingerprint density at radius 1 is 1.09 bits per heavy atom. The third-order valence-corrected chi connectivity index (χ3v) is 3.66. The van der Waals surface area contributed by atoms with E-state index in [9.17, 15) is 9.59 Å². The van der Waals surface area contributed by atoms with Crippen LogP contribution in [0.1, 0.15) is 33.5 Å². The van der Waals surface area contributed by atoms with Gasteiger partial charge in [-0.2, -0.15) is 0 Å². The van der Waals surface area contributed by atoms with E-state index < -0.39 is 0 Å². The van der Waals surface area contributed by atoms with E-state index in [-0.39, 0.29) is 11.7 Å². The molecule has 0 aliphatic carbocycles. The van der Waals surface area contributed by atoms with Crippen molar-refractivity contribution in [3.05, 3.63) is 59.5 Å². The highest BCUT2D eigenvalue weighted by Gasteiger charge is 2.10. The van der Waals surface area contributed by atoms with Gasteiger partial charge in [-0.3, -0.25) is 9.59 Å². The minimum atomic E-state index is -0.202. The molecule has 112 valence electrons. The minimum Gasteiger partial charge on any atom is -0.361 e. The van der Waals surface area contributed by atoms with Crippen molar-refractivity contribution >= 4 is 22.6 Å². The molecule has 0 atom stereocenters. The van der Waals surface area contributed by atoms with Crippen molar-refractivity contribution in [3.63, 3.8) is 0 Å². The van der Waals surface area contributed by atoms with Gasteiger partial charge in [-0.1, -0.05) is 18.2 Å². The van der Waals surface area contributed by atoms with Crippen LogP contribution in [0.25, 0.3) is 10.9 Å². The van der Waals surface area contributed by atoms with E-state index in [4.69, 9.17) is 0 Å². The standard InChI is InChI=1S/C17H17N3O2/c1-11(21)14-6-7-16(20-14)17(22)18-9-8-12-10-19-15-5-3-2-4-13(12)15/h2-7,10,19-20H,8-9H2,1H3,(H,18,22). The first-order valence-corrected chi connectivity index (χ1v) is 7.18. The van der Waals surface area contributed by atoms with Crippen LogP contribution in [-0.4, -0.2) is 28.2 Å². The number of hydrogen-bond donors (Lipinski definition) is 3. The van der Waals surface area contributed by atoms with Gasteiger partial charge in [0, 0.05) is 30.6 Å². The van der Waals surface area contributed by atoms with Gasteiger partial charge in [-0.15, -0.1) is 0 Å². The molecule has 0 radical (unpaired) electrons. The van der Waals surface area contributed by atoms with Crippen LogP contribution >= 0.6 is 0 Å². The third kappa shape index (κ3) is 2.79. The van der Waals surface area contributed by atoms with E-state index in [1.54, 1.807) is 12.1 Å². The second-order valence-corrected chi connectivity index (χ2v) is 5.21. The number of H-pyrrole nitrogens is 2. The molecule has 5 nitrogen and oxygen atoms in total. The van der Waals surface area contributed by atoms with Gasteiger partial charge >= 0.3 is 0 Å². The number of benzene rings is 1. The van der Waals surface area contributed by atoms with Gasteiger partial charge in [0.05, 0.1) is 5.69 Å². The number of carbonyl (C=O) groups excluding carboxylic acids is 2. The van der Waals surface area contributed by atoms with Crippen LogP contribution in [0.5, 0.6) is 0 Å². The number of nitrogens with one attached hydrogen (secondary N) is 3. The predicted molar refractivity (Wildman–Crippen MR) is 85.1 cm³/mol. The van der Waals surface area contributed by atoms with Crippen LogP contribution in [0.15, 0.2) is 42.6 Å². The van der Waals surface area contributed by atoms with Crippen LogP contribution in [0.2, 0.25) is 0 Å². The third-order valence-electron chi connectivity index (χ3n) is 3.66. The molecule has 2 heterocycles. The summed E-state index contributed by atoms with van der Waals surface area (Å²) in [6.45, 7) is 2.00. The van der Waals surface area contributed by atoms with Crippen LogP contribution in [-0.2, 0) is 6.42 Å². The fraction of sp³-hybridized carbons (Fsp3) is 0.176. The second-order valence-electron chi connectivity index (χ2n) is 5.21. The van der Waals surface area contributed by atoms with Crippen LogP contribution in [0.3, 0.4) is 0 Å². The molecule has 0 fully saturated rings. The molecular formula is C17H17N3O2. The summed E-state index contributed by atoms with van der Waals surface area (Å²) in [5.74, 6) is -0.287. The lowest BCUT2D eigenvalue weighted by molar-refractivity contribution is 0.0950. The van der Waals surface area contributed by atoms with E-state index in [2.05, 4.69) is 21.4 Å². The number of Topliss-reactive ketones (excluding diaryl/α,β-unsaturated/α-hetero) is 1. The van der Waals surface area contributed by atoms with Crippen LogP contribution < -0.4 is 5.32 Å². The molecule has 2 aromatic heterocycles. The smallest absolute Gasteiger partial charge is 0.267 e. The summed E-state index contributed by atoms with van der Waals surface area (Å²) in [5.41, 5.74) is 3.12. The average molecular weight is 295 g/mol. The maximum atomic E-state index is 12.0. The quantitative estimate of drug-likeness (QED) is 0.633. The summed E-state index contributed by atoms with van der Waals surface area (Å²) in [6, 6.07) is 11.3. The molecular weight excluding hydrogens is 278 g/mol. The minimum absolute atomic E-state index is 0.0853. The van der Waals surface area contributed by atoms with Gasteiger partial charge in [0.1, 0.15) is 5.69 Å². The largest absolute Gasteiger partial charge is 0.361 e. The van der Waals surface area contributed by atoms with Crippen molar-refractivity contribution in [2.75, 3.05) is 6.54 Å². The van der Waals surface area contributed by atoms with E-state index in [1.165, 1.54) is 17.9 Å². The number of amides is 1. The predicted octanol–water partition coefficient (Wildman–Crippen LogP) is 2.67. The van der Waals surface area contributed by atoms with Gasteiger partial charge in [-0.25, -0.2) is 0 Å². The Morgan fingerprint density at radius 3 is 2.64 bits per heavy atom. The second kappa shape index (κ2) is 5.89. The van der Waals surface area contributed by atoms with Gasteiger partial charge in [-0.05, 0) is 30.2 Å². The van der Waals surface area contributed by atoms with Crippen molar-refractivity contribution in [2.24, 2.45) is 0 Å². The Morgan fingerprint density at radius 2 is 1.86 bits per heavy atom. The Bertz CT molecular complexity index is 829.